The quantitative estimate of drug-likeness (QED) is 0.0330. The summed E-state index contributed by atoms with van der Waals surface area (Å²) in [5.74, 6) is 0.436. The summed E-state index contributed by atoms with van der Waals surface area (Å²) in [4.78, 5) is 121. The number of hydrogen-bond donors (Lipinski definition) is 5. The number of aliphatic imine (C=N–C) groups is 1. The van der Waals surface area contributed by atoms with Gasteiger partial charge in [0.1, 0.15) is 15.8 Å². The zero-order chi connectivity index (χ0) is 70.8. The number of amides is 6. The van der Waals surface area contributed by atoms with Crippen molar-refractivity contribution >= 4 is 131 Å². The largest absolute Gasteiger partial charge is 0.493 e. The number of carbonyl (C=O) groups is 8. The third-order valence-electron chi connectivity index (χ3n) is 17.8. The van der Waals surface area contributed by atoms with Crippen LogP contribution in [0, 0.1) is 0 Å². The van der Waals surface area contributed by atoms with Gasteiger partial charge in [-0.2, -0.15) is 0 Å². The van der Waals surface area contributed by atoms with Crippen LogP contribution in [-0.2, 0) is 42.6 Å². The van der Waals surface area contributed by atoms with Crippen LogP contribution >= 0.6 is 22.7 Å². The molecule has 13 rings (SSSR count). The molecule has 1 unspecified atom stereocenters. The van der Waals surface area contributed by atoms with Crippen molar-refractivity contribution in [2.24, 2.45) is 19.1 Å². The molecule has 0 aliphatic carbocycles. The number of thiophene rings is 2. The number of imidazole rings is 2. The number of ether oxygens (including phenoxy) is 8. The van der Waals surface area contributed by atoms with Crippen molar-refractivity contribution in [1.82, 2.24) is 28.9 Å². The van der Waals surface area contributed by atoms with E-state index in [-0.39, 0.29) is 85.1 Å². The van der Waals surface area contributed by atoms with Crippen molar-refractivity contribution in [3.63, 3.8) is 0 Å². The fourth-order valence-corrected chi connectivity index (χ4v) is 14.6. The number of methoxy groups -OCH3 is 4. The van der Waals surface area contributed by atoms with Crippen molar-refractivity contribution in [3.05, 3.63) is 118 Å². The first-order valence-corrected chi connectivity index (χ1v) is 35.0. The zero-order valence-corrected chi connectivity index (χ0v) is 58.4. The van der Waals surface area contributed by atoms with Crippen LogP contribution in [0.2, 0.25) is 0 Å². The Hall–Kier alpha value is -10.6. The van der Waals surface area contributed by atoms with E-state index in [0.717, 1.165) is 84.5 Å². The molecular weight excluding hydrogens is 1340 g/mol. The molecule has 28 nitrogen and oxygen atoms in total. The van der Waals surface area contributed by atoms with Gasteiger partial charge in [0.05, 0.1) is 70.8 Å². The van der Waals surface area contributed by atoms with Crippen molar-refractivity contribution in [2.45, 2.75) is 102 Å². The van der Waals surface area contributed by atoms with Gasteiger partial charge in [-0.25, -0.2) is 24.5 Å². The third-order valence-corrected chi connectivity index (χ3v) is 20.0. The second kappa shape index (κ2) is 31.7. The van der Waals surface area contributed by atoms with E-state index in [1.54, 1.807) is 87.2 Å². The Morgan fingerprint density at radius 1 is 0.594 bits per heavy atom. The minimum Gasteiger partial charge on any atom is -0.493 e. The molecule has 4 aromatic heterocycles. The van der Waals surface area contributed by atoms with Gasteiger partial charge in [0.15, 0.2) is 34.6 Å². The summed E-state index contributed by atoms with van der Waals surface area (Å²) < 4.78 is 49.8. The monoisotopic (exact) mass is 1420 g/mol. The van der Waals surface area contributed by atoms with Crippen molar-refractivity contribution < 1.29 is 76.3 Å². The van der Waals surface area contributed by atoms with Gasteiger partial charge in [-0.3, -0.25) is 28.8 Å². The Kier molecular flexibility index (Phi) is 22.1. The number of nitrogens with one attached hydrogen (secondary N) is 5. The van der Waals surface area contributed by atoms with Gasteiger partial charge < -0.3 is 83.4 Å². The maximum Gasteiger partial charge on any atom is 0.348 e. The first-order valence-electron chi connectivity index (χ1n) is 33.4. The molecular formula is C71H78N12O16S2. The smallest absolute Gasteiger partial charge is 0.348 e. The van der Waals surface area contributed by atoms with Crippen LogP contribution < -0.4 is 45.5 Å². The van der Waals surface area contributed by atoms with Gasteiger partial charge >= 0.3 is 11.9 Å². The lowest BCUT2D eigenvalue weighted by atomic mass is 10.0. The molecule has 0 spiro atoms. The molecule has 4 aromatic carbocycles. The highest BCUT2D eigenvalue weighted by atomic mass is 32.1. The second-order valence-electron chi connectivity index (χ2n) is 24.7. The number of aromatic nitrogens is 4. The minimum atomic E-state index is -0.466. The number of carbonyl (C=O) groups excluding carboxylic acids is 8. The van der Waals surface area contributed by atoms with Gasteiger partial charge in [-0.1, -0.05) is 0 Å². The summed E-state index contributed by atoms with van der Waals surface area (Å²) in [6.07, 6.45) is 12.3. The molecule has 3 atom stereocenters. The highest BCUT2D eigenvalue weighted by molar-refractivity contribution is 7.21. The summed E-state index contributed by atoms with van der Waals surface area (Å²) in [6.45, 7) is 3.11. The maximum atomic E-state index is 13.8. The summed E-state index contributed by atoms with van der Waals surface area (Å²) in [7, 11) is 9.03. The summed E-state index contributed by atoms with van der Waals surface area (Å²) in [6, 6.07) is 20.8. The van der Waals surface area contributed by atoms with E-state index in [1.165, 1.54) is 60.2 Å². The first kappa shape index (κ1) is 70.3. The Morgan fingerprint density at radius 3 is 1.68 bits per heavy atom. The van der Waals surface area contributed by atoms with Gasteiger partial charge in [0, 0.05) is 104 Å². The molecule has 0 bridgehead atoms. The summed E-state index contributed by atoms with van der Waals surface area (Å²) >= 11 is 2.61. The lowest BCUT2D eigenvalue weighted by Crippen LogP contribution is -2.48. The number of nitrogens with zero attached hydrogens (tertiary/aromatic N) is 7. The number of piperidine rings is 2. The number of benzene rings is 4. The molecule has 3 fully saturated rings. The first-order chi connectivity index (χ1) is 48.9. The highest BCUT2D eigenvalue weighted by Gasteiger charge is 2.39. The molecule has 530 valence electrons. The number of fused-ring (bicyclic) bond motifs is 6. The maximum absolute atomic E-state index is 13.8. The Balaban J connectivity index is 0.000000193. The van der Waals surface area contributed by atoms with Gasteiger partial charge in [0.25, 0.3) is 23.6 Å². The van der Waals surface area contributed by atoms with Crippen LogP contribution in [0.15, 0.2) is 90.2 Å². The Morgan fingerprint density at radius 2 is 1.13 bits per heavy atom. The van der Waals surface area contributed by atoms with E-state index >= 15 is 0 Å². The topological polar surface area (TPSA) is 325 Å². The standard InChI is InChI=1S/C38H42N6O9S.C33H36N6O7S/c1-43-21-31(42-34(43)35(46)39-23-12-13-29-22(17-23)18-30(54-29)38(48)50-3)41-32(45)10-8-16-51-28-20-25-24(19-27(28)49-2)37(47)44-14-6-4-9-26(44)36(40-25)53-33-11-5-7-15-52-33;1-38-18-28(37-30(38)31(41)35-20-9-10-26-19(13-20)14-27(47-26)33(43)45-3)36-29(40)8-6-12-46-25-16-23-22(15-24(25)44-2)32(42)39-11-5-4-7-21(39)17-34-23/h12-13,17-21,26,33H,4-11,14-16H2,1-3H3,(H,39,46)(H,41,45);9-10,13-16,18,21,34H,4-8,11-12,17H2,1-3H3,(H,35,41)(H,36,40)/t26-,33?;21-/m00/s1. The van der Waals surface area contributed by atoms with E-state index in [2.05, 4.69) is 36.6 Å². The molecule has 5 N–H and O–H groups in total. The lowest BCUT2D eigenvalue weighted by molar-refractivity contribution is -0.117. The molecule has 30 heteroatoms. The zero-order valence-electron chi connectivity index (χ0n) is 56.7. The molecule has 101 heavy (non-hydrogen) atoms. The third kappa shape index (κ3) is 16.3. The van der Waals surface area contributed by atoms with E-state index in [9.17, 15) is 38.4 Å². The molecule has 3 saturated heterocycles. The van der Waals surface area contributed by atoms with Crippen LogP contribution in [0.5, 0.6) is 23.0 Å². The molecule has 5 aliphatic heterocycles. The normalized spacial score (nSPS) is 17.0. The Bertz CT molecular complexity index is 4510. The van der Waals surface area contributed by atoms with Gasteiger partial charge in [0.2, 0.25) is 35.7 Å². The fraction of sp³-hybridized carbons (Fsp3) is 0.394. The second-order valence-corrected chi connectivity index (χ2v) is 26.9. The minimum absolute atomic E-state index is 0.00165. The number of anilines is 5. The SMILES string of the molecule is COC(=O)c1cc2cc(NC(=O)c3nc(NC(=O)CCCOc4cc5c(cc4OC)C(=O)N4CCCC[C@H]4C(OC4CCCCO4)=N5)cn3C)ccc2s1.COC(=O)c1cc2cc(NC(=O)c3nc(NC(=O)CCCOc4cc5c(cc4OC)C(=O)N4CCCC[C@H]4CN5)cn3C)ccc2s1. The lowest BCUT2D eigenvalue weighted by Gasteiger charge is -2.36. The number of esters is 2. The predicted octanol–water partition coefficient (Wildman–Crippen LogP) is 11.0. The van der Waals surface area contributed by atoms with E-state index in [1.807, 2.05) is 21.9 Å². The van der Waals surface area contributed by atoms with Crippen LogP contribution in [0.4, 0.5) is 34.4 Å². The van der Waals surface area contributed by atoms with E-state index < -0.39 is 30.0 Å². The average Bonchev–Trinajstić information content (AvgIpc) is 1.71. The van der Waals surface area contributed by atoms with E-state index in [0.29, 0.717) is 105 Å². The van der Waals surface area contributed by atoms with Crippen LogP contribution in [0.25, 0.3) is 20.2 Å². The fourth-order valence-electron chi connectivity index (χ4n) is 12.7. The van der Waals surface area contributed by atoms with E-state index in [4.69, 9.17) is 42.9 Å². The molecule has 0 saturated carbocycles. The van der Waals surface area contributed by atoms with Crippen molar-refractivity contribution in [1.29, 1.82) is 0 Å². The van der Waals surface area contributed by atoms with Crippen molar-refractivity contribution in [2.75, 3.05) is 94.5 Å². The molecule has 8 aromatic rings. The number of hydrogen-bond acceptors (Lipinski definition) is 22. The molecule has 6 amide bonds. The van der Waals surface area contributed by atoms with Crippen molar-refractivity contribution in [3.8, 4) is 23.0 Å². The molecule has 9 heterocycles. The summed E-state index contributed by atoms with van der Waals surface area (Å²) in [5, 5.41) is 16.1. The predicted molar refractivity (Wildman–Crippen MR) is 379 cm³/mol. The molecule has 0 radical (unpaired) electrons. The summed E-state index contributed by atoms with van der Waals surface area (Å²) in [5.41, 5.74) is 3.19. The highest BCUT2D eigenvalue weighted by Crippen LogP contribution is 2.41. The molecule has 5 aliphatic rings. The Labute approximate surface area is 588 Å². The van der Waals surface area contributed by atoms with Crippen LogP contribution in [-0.4, -0.2) is 168 Å². The average molecular weight is 1420 g/mol. The van der Waals surface area contributed by atoms with Crippen LogP contribution in [0.3, 0.4) is 0 Å². The number of aryl methyl sites for hydroxylation is 2. The van der Waals surface area contributed by atoms with Gasteiger partial charge in [-0.05, 0) is 136 Å². The van der Waals surface area contributed by atoms with Crippen LogP contribution in [0.1, 0.15) is 145 Å². The number of rotatable bonds is 21. The van der Waals surface area contributed by atoms with Gasteiger partial charge in [-0.15, -0.1) is 22.7 Å².